The maximum Gasteiger partial charge on any atom is 0.264 e. The highest BCUT2D eigenvalue weighted by Crippen LogP contribution is 2.26. The molecule has 0 saturated heterocycles. The van der Waals surface area contributed by atoms with Gasteiger partial charge in [-0.15, -0.1) is 0 Å². The molecule has 2 heterocycles. The summed E-state index contributed by atoms with van der Waals surface area (Å²) in [6.45, 7) is 0.626. The SMILES string of the molecule is O=C(NCC(=O)N1CCCc2ccccc21)C1CC(c2ccccc2)=NO1. The number of rotatable bonds is 4. The van der Waals surface area contributed by atoms with Crippen LogP contribution < -0.4 is 10.2 Å². The molecule has 1 N–H and O–H groups in total. The molecule has 138 valence electrons. The molecule has 0 aromatic heterocycles. The number of anilines is 1. The van der Waals surface area contributed by atoms with Crippen LogP contribution in [0.25, 0.3) is 0 Å². The van der Waals surface area contributed by atoms with E-state index in [4.69, 9.17) is 4.84 Å². The summed E-state index contributed by atoms with van der Waals surface area (Å²) >= 11 is 0. The van der Waals surface area contributed by atoms with Crippen LogP contribution in [0.4, 0.5) is 5.69 Å². The molecule has 0 saturated carbocycles. The molecule has 0 bridgehead atoms. The minimum atomic E-state index is -0.693. The number of aryl methyl sites for hydroxylation is 1. The number of fused-ring (bicyclic) bond motifs is 1. The molecule has 1 atom stereocenters. The van der Waals surface area contributed by atoms with Gasteiger partial charge in [-0.25, -0.2) is 0 Å². The molecule has 2 aliphatic rings. The van der Waals surface area contributed by atoms with Crippen molar-refractivity contribution < 1.29 is 14.4 Å². The molecule has 0 aliphatic carbocycles. The third-order valence-corrected chi connectivity index (χ3v) is 4.89. The first kappa shape index (κ1) is 17.3. The van der Waals surface area contributed by atoms with Crippen molar-refractivity contribution in [3.63, 3.8) is 0 Å². The average molecular weight is 363 g/mol. The fourth-order valence-electron chi connectivity index (χ4n) is 3.48. The summed E-state index contributed by atoms with van der Waals surface area (Å²) in [5.74, 6) is -0.430. The van der Waals surface area contributed by atoms with Crippen LogP contribution in [0, 0.1) is 0 Å². The second kappa shape index (κ2) is 7.61. The predicted molar refractivity (Wildman–Crippen MR) is 103 cm³/mol. The van der Waals surface area contributed by atoms with Gasteiger partial charge in [0.25, 0.3) is 5.91 Å². The topological polar surface area (TPSA) is 71.0 Å². The Kier molecular flexibility index (Phi) is 4.87. The molecule has 2 aliphatic heterocycles. The Morgan fingerprint density at radius 2 is 1.89 bits per heavy atom. The highest BCUT2D eigenvalue weighted by molar-refractivity contribution is 6.04. The Balaban J connectivity index is 1.32. The highest BCUT2D eigenvalue weighted by atomic mass is 16.6. The Morgan fingerprint density at radius 3 is 2.74 bits per heavy atom. The zero-order valence-corrected chi connectivity index (χ0v) is 14.9. The van der Waals surface area contributed by atoms with Crippen LogP contribution in [0.15, 0.2) is 59.8 Å². The van der Waals surface area contributed by atoms with Gasteiger partial charge in [0.2, 0.25) is 12.0 Å². The van der Waals surface area contributed by atoms with Gasteiger partial charge < -0.3 is 15.1 Å². The van der Waals surface area contributed by atoms with Gasteiger partial charge in [-0.05, 0) is 30.0 Å². The lowest BCUT2D eigenvalue weighted by Gasteiger charge is -2.29. The van der Waals surface area contributed by atoms with Crippen molar-refractivity contribution in [2.24, 2.45) is 5.16 Å². The molecule has 0 spiro atoms. The van der Waals surface area contributed by atoms with Crippen molar-refractivity contribution >= 4 is 23.2 Å². The van der Waals surface area contributed by atoms with Gasteiger partial charge in [0.05, 0.1) is 12.3 Å². The zero-order chi connectivity index (χ0) is 18.6. The fraction of sp³-hybridized carbons (Fsp3) is 0.286. The van der Waals surface area contributed by atoms with E-state index in [1.54, 1.807) is 4.90 Å². The van der Waals surface area contributed by atoms with Crippen LogP contribution in [0.3, 0.4) is 0 Å². The van der Waals surface area contributed by atoms with Gasteiger partial charge >= 0.3 is 0 Å². The number of nitrogens with zero attached hydrogens (tertiary/aromatic N) is 2. The molecule has 4 rings (SSSR count). The van der Waals surface area contributed by atoms with Crippen LogP contribution in [-0.2, 0) is 20.8 Å². The number of carbonyl (C=O) groups is 2. The molecule has 0 radical (unpaired) electrons. The number of nitrogens with one attached hydrogen (secondary N) is 1. The molecule has 6 nitrogen and oxygen atoms in total. The van der Waals surface area contributed by atoms with E-state index in [1.807, 2.05) is 54.6 Å². The normalized spacial score (nSPS) is 18.3. The first-order chi connectivity index (χ1) is 13.2. The van der Waals surface area contributed by atoms with Gasteiger partial charge in [-0.1, -0.05) is 53.7 Å². The monoisotopic (exact) mass is 363 g/mol. The summed E-state index contributed by atoms with van der Waals surface area (Å²) in [6, 6.07) is 17.5. The smallest absolute Gasteiger partial charge is 0.264 e. The second-order valence-corrected chi connectivity index (χ2v) is 6.70. The number of para-hydroxylation sites is 1. The number of hydrogen-bond donors (Lipinski definition) is 1. The zero-order valence-electron chi connectivity index (χ0n) is 14.9. The van der Waals surface area contributed by atoms with E-state index in [2.05, 4.69) is 10.5 Å². The van der Waals surface area contributed by atoms with E-state index in [9.17, 15) is 9.59 Å². The molecular formula is C21H21N3O3. The van der Waals surface area contributed by atoms with Crippen LogP contribution >= 0.6 is 0 Å². The lowest BCUT2D eigenvalue weighted by atomic mass is 10.0. The van der Waals surface area contributed by atoms with Crippen LogP contribution in [0.1, 0.15) is 24.0 Å². The van der Waals surface area contributed by atoms with E-state index in [-0.39, 0.29) is 18.4 Å². The van der Waals surface area contributed by atoms with Crippen LogP contribution in [0.2, 0.25) is 0 Å². The van der Waals surface area contributed by atoms with Crippen molar-refractivity contribution in [2.75, 3.05) is 18.0 Å². The minimum Gasteiger partial charge on any atom is -0.382 e. The number of carbonyl (C=O) groups excluding carboxylic acids is 2. The minimum absolute atomic E-state index is 0.0479. The standard InChI is InChI=1S/C21H21N3O3/c25-20(24-12-6-10-16-9-4-5-11-18(16)24)14-22-21(26)19-13-17(23-27-19)15-7-2-1-3-8-15/h1-5,7-9,11,19H,6,10,12-14H2,(H,22,26). The number of benzene rings is 2. The number of oxime groups is 1. The molecule has 27 heavy (non-hydrogen) atoms. The van der Waals surface area contributed by atoms with E-state index in [0.29, 0.717) is 13.0 Å². The first-order valence-corrected chi connectivity index (χ1v) is 9.16. The van der Waals surface area contributed by atoms with E-state index >= 15 is 0 Å². The van der Waals surface area contributed by atoms with Crippen molar-refractivity contribution in [3.05, 3.63) is 65.7 Å². The molecule has 2 aromatic carbocycles. The maximum absolute atomic E-state index is 12.6. The third-order valence-electron chi connectivity index (χ3n) is 4.89. The highest BCUT2D eigenvalue weighted by Gasteiger charge is 2.30. The molecule has 1 unspecified atom stereocenters. The Labute approximate surface area is 157 Å². The molecule has 0 fully saturated rings. The van der Waals surface area contributed by atoms with E-state index in [0.717, 1.165) is 29.8 Å². The summed E-state index contributed by atoms with van der Waals surface area (Å²) in [6.07, 6.45) is 1.61. The van der Waals surface area contributed by atoms with E-state index in [1.165, 1.54) is 5.56 Å². The van der Waals surface area contributed by atoms with Gasteiger partial charge in [0, 0.05) is 18.7 Å². The first-order valence-electron chi connectivity index (χ1n) is 9.16. The fourth-order valence-corrected chi connectivity index (χ4v) is 3.48. The molecule has 2 amide bonds. The van der Waals surface area contributed by atoms with Gasteiger partial charge in [0.15, 0.2) is 0 Å². The lowest BCUT2D eigenvalue weighted by Crippen LogP contribution is -2.45. The third kappa shape index (κ3) is 3.69. The largest absolute Gasteiger partial charge is 0.382 e. The summed E-state index contributed by atoms with van der Waals surface area (Å²) in [4.78, 5) is 32.0. The Hall–Kier alpha value is -3.15. The second-order valence-electron chi connectivity index (χ2n) is 6.70. The Bertz CT molecular complexity index is 879. The summed E-state index contributed by atoms with van der Waals surface area (Å²) in [7, 11) is 0. The van der Waals surface area contributed by atoms with Crippen molar-refractivity contribution in [3.8, 4) is 0 Å². The number of amides is 2. The maximum atomic E-state index is 12.6. The van der Waals surface area contributed by atoms with Gasteiger partial charge in [0.1, 0.15) is 0 Å². The van der Waals surface area contributed by atoms with Crippen molar-refractivity contribution in [2.45, 2.75) is 25.4 Å². The van der Waals surface area contributed by atoms with Crippen LogP contribution in [0.5, 0.6) is 0 Å². The van der Waals surface area contributed by atoms with Gasteiger partial charge in [-0.3, -0.25) is 9.59 Å². The predicted octanol–water partition coefficient (Wildman–Crippen LogP) is 2.28. The quantitative estimate of drug-likeness (QED) is 0.906. The lowest BCUT2D eigenvalue weighted by molar-refractivity contribution is -0.132. The van der Waals surface area contributed by atoms with Gasteiger partial charge in [-0.2, -0.15) is 0 Å². The summed E-state index contributed by atoms with van der Waals surface area (Å²) in [5.41, 5.74) is 3.79. The Morgan fingerprint density at radius 1 is 1.11 bits per heavy atom. The van der Waals surface area contributed by atoms with Crippen molar-refractivity contribution in [1.29, 1.82) is 0 Å². The molecule has 2 aromatic rings. The summed E-state index contributed by atoms with van der Waals surface area (Å²) in [5, 5.41) is 6.71. The van der Waals surface area contributed by atoms with Crippen molar-refractivity contribution in [1.82, 2.24) is 5.32 Å². The van der Waals surface area contributed by atoms with E-state index < -0.39 is 6.10 Å². The number of hydrogen-bond acceptors (Lipinski definition) is 4. The molecule has 6 heteroatoms. The van der Waals surface area contributed by atoms with Crippen LogP contribution in [-0.4, -0.2) is 36.7 Å². The summed E-state index contributed by atoms with van der Waals surface area (Å²) < 4.78 is 0. The molecular weight excluding hydrogens is 342 g/mol. The average Bonchev–Trinajstić information content (AvgIpc) is 3.22.